The summed E-state index contributed by atoms with van der Waals surface area (Å²) in [4.78, 5) is 12.9. The molecule has 0 saturated carbocycles. The molecule has 160 valence electrons. The van der Waals surface area contributed by atoms with Crippen molar-refractivity contribution in [3.05, 3.63) is 66.7 Å². The van der Waals surface area contributed by atoms with E-state index in [0.29, 0.717) is 22.7 Å². The van der Waals surface area contributed by atoms with Crippen LogP contribution in [-0.2, 0) is 14.8 Å². The minimum atomic E-state index is -3.71. The second kappa shape index (κ2) is 7.96. The lowest BCUT2D eigenvalue weighted by Crippen LogP contribution is -2.45. The smallest absolute Gasteiger partial charge is 0.247 e. The monoisotopic (exact) mass is 438 g/mol. The first-order chi connectivity index (χ1) is 14.8. The van der Waals surface area contributed by atoms with Gasteiger partial charge in [-0.2, -0.15) is 0 Å². The molecule has 1 N–H and O–H groups in total. The van der Waals surface area contributed by atoms with Crippen molar-refractivity contribution >= 4 is 49.2 Å². The largest absolute Gasteiger partial charge is 0.497 e. The maximum absolute atomic E-state index is 12.9. The molecule has 1 amide bonds. The van der Waals surface area contributed by atoms with Gasteiger partial charge in [0.15, 0.2) is 0 Å². The van der Waals surface area contributed by atoms with Gasteiger partial charge in [-0.3, -0.25) is 9.10 Å². The van der Waals surface area contributed by atoms with E-state index in [-0.39, 0.29) is 0 Å². The molecule has 0 spiro atoms. The molecule has 0 aliphatic rings. The number of carbonyl (C=O) groups excluding carboxylic acids is 1. The van der Waals surface area contributed by atoms with Gasteiger partial charge in [0.2, 0.25) is 15.9 Å². The van der Waals surface area contributed by atoms with Crippen molar-refractivity contribution in [3.8, 4) is 5.75 Å². The Kier molecular flexibility index (Phi) is 5.32. The average Bonchev–Trinajstić information content (AvgIpc) is 3.11. The number of benzene rings is 3. The zero-order chi connectivity index (χ0) is 22.2. The number of hydrogen-bond donors (Lipinski definition) is 1. The molecule has 7 nitrogen and oxygen atoms in total. The van der Waals surface area contributed by atoms with Gasteiger partial charge in [0.25, 0.3) is 0 Å². The van der Waals surface area contributed by atoms with Crippen LogP contribution < -0.4 is 14.4 Å². The van der Waals surface area contributed by atoms with Crippen LogP contribution in [0.5, 0.6) is 5.75 Å². The molecule has 1 aromatic heterocycles. The van der Waals surface area contributed by atoms with Crippen molar-refractivity contribution < 1.29 is 22.4 Å². The highest BCUT2D eigenvalue weighted by atomic mass is 32.2. The average molecular weight is 439 g/mol. The van der Waals surface area contributed by atoms with Gasteiger partial charge in [0.05, 0.1) is 19.1 Å². The fraction of sp³-hybridized carbons (Fsp3) is 0.174. The van der Waals surface area contributed by atoms with Gasteiger partial charge in [-0.1, -0.05) is 18.2 Å². The van der Waals surface area contributed by atoms with E-state index in [0.717, 1.165) is 26.9 Å². The molecule has 0 aliphatic heterocycles. The zero-order valence-electron chi connectivity index (χ0n) is 17.3. The van der Waals surface area contributed by atoms with Gasteiger partial charge in [-0.15, -0.1) is 0 Å². The highest BCUT2D eigenvalue weighted by Crippen LogP contribution is 2.30. The SMILES string of the molecule is COc1ccc(N([C@H](C)C(=O)Nc2ccc3c(c2)oc2ccccc23)S(C)(=O)=O)cc1. The molecule has 3 aromatic carbocycles. The van der Waals surface area contributed by atoms with Gasteiger partial charge < -0.3 is 14.5 Å². The Hall–Kier alpha value is -3.52. The Morgan fingerprint density at radius 3 is 2.35 bits per heavy atom. The number of ether oxygens (including phenoxy) is 1. The maximum atomic E-state index is 12.9. The molecule has 0 saturated heterocycles. The fourth-order valence-electron chi connectivity index (χ4n) is 3.59. The summed E-state index contributed by atoms with van der Waals surface area (Å²) in [6, 6.07) is 18.6. The lowest BCUT2D eigenvalue weighted by molar-refractivity contribution is -0.116. The molecular weight excluding hydrogens is 416 g/mol. The molecule has 0 unspecified atom stereocenters. The number of nitrogens with one attached hydrogen (secondary N) is 1. The normalized spacial score (nSPS) is 12.6. The second-order valence-corrected chi connectivity index (χ2v) is 9.09. The van der Waals surface area contributed by atoms with Crippen molar-refractivity contribution in [2.75, 3.05) is 23.0 Å². The van der Waals surface area contributed by atoms with E-state index in [2.05, 4.69) is 5.32 Å². The zero-order valence-corrected chi connectivity index (χ0v) is 18.1. The molecule has 31 heavy (non-hydrogen) atoms. The van der Waals surface area contributed by atoms with E-state index in [9.17, 15) is 13.2 Å². The summed E-state index contributed by atoms with van der Waals surface area (Å²) >= 11 is 0. The van der Waals surface area contributed by atoms with Gasteiger partial charge >= 0.3 is 0 Å². The Morgan fingerprint density at radius 1 is 1.00 bits per heavy atom. The summed E-state index contributed by atoms with van der Waals surface area (Å²) in [6.07, 6.45) is 1.07. The predicted molar refractivity (Wildman–Crippen MR) is 122 cm³/mol. The van der Waals surface area contributed by atoms with E-state index >= 15 is 0 Å². The number of para-hydroxylation sites is 1. The predicted octanol–water partition coefficient (Wildman–Crippen LogP) is 4.39. The first-order valence-electron chi connectivity index (χ1n) is 9.63. The second-order valence-electron chi connectivity index (χ2n) is 7.23. The molecular formula is C23H22N2O5S. The summed E-state index contributed by atoms with van der Waals surface area (Å²) in [5, 5.41) is 4.73. The number of methoxy groups -OCH3 is 1. The van der Waals surface area contributed by atoms with Crippen LogP contribution >= 0.6 is 0 Å². The topological polar surface area (TPSA) is 88.8 Å². The van der Waals surface area contributed by atoms with Crippen molar-refractivity contribution in [2.45, 2.75) is 13.0 Å². The highest BCUT2D eigenvalue weighted by molar-refractivity contribution is 7.92. The highest BCUT2D eigenvalue weighted by Gasteiger charge is 2.29. The molecule has 0 fully saturated rings. The standard InChI is InChI=1S/C23H22N2O5S/c1-15(25(31(3,27)28)17-9-11-18(29-2)12-10-17)23(26)24-16-8-13-20-19-6-4-5-7-21(19)30-22(20)14-16/h4-15H,1-3H3,(H,24,26)/t15-/m1/s1. The van der Waals surface area contributed by atoms with E-state index in [1.54, 1.807) is 43.3 Å². The summed E-state index contributed by atoms with van der Waals surface area (Å²) < 4.78 is 37.0. The number of furan rings is 1. The Balaban J connectivity index is 1.61. The molecule has 0 bridgehead atoms. The van der Waals surface area contributed by atoms with Crippen LogP contribution in [0, 0.1) is 0 Å². The molecule has 8 heteroatoms. The molecule has 1 atom stereocenters. The number of amides is 1. The van der Waals surface area contributed by atoms with Crippen LogP contribution in [0.4, 0.5) is 11.4 Å². The van der Waals surface area contributed by atoms with Gasteiger partial charge in [-0.05, 0) is 49.4 Å². The van der Waals surface area contributed by atoms with E-state index < -0.39 is 22.0 Å². The lowest BCUT2D eigenvalue weighted by atomic mass is 10.1. The van der Waals surface area contributed by atoms with Crippen molar-refractivity contribution in [2.24, 2.45) is 0 Å². The summed E-state index contributed by atoms with van der Waals surface area (Å²) in [5.41, 5.74) is 2.30. The van der Waals surface area contributed by atoms with Crippen LogP contribution in [0.15, 0.2) is 71.1 Å². The first kappa shape index (κ1) is 20.7. The number of sulfonamides is 1. The fourth-order valence-corrected chi connectivity index (χ4v) is 4.76. The van der Waals surface area contributed by atoms with Crippen molar-refractivity contribution in [1.29, 1.82) is 0 Å². The third kappa shape index (κ3) is 4.06. The number of rotatable bonds is 6. The van der Waals surface area contributed by atoms with Crippen LogP contribution in [0.25, 0.3) is 21.9 Å². The van der Waals surface area contributed by atoms with Crippen LogP contribution in [0.3, 0.4) is 0 Å². The maximum Gasteiger partial charge on any atom is 0.247 e. The summed E-state index contributed by atoms with van der Waals surface area (Å²) in [7, 11) is -2.19. The molecule has 4 rings (SSSR count). The van der Waals surface area contributed by atoms with Crippen LogP contribution in [0.1, 0.15) is 6.92 Å². The third-order valence-corrected chi connectivity index (χ3v) is 6.30. The van der Waals surface area contributed by atoms with E-state index in [4.69, 9.17) is 9.15 Å². The van der Waals surface area contributed by atoms with Crippen molar-refractivity contribution in [3.63, 3.8) is 0 Å². The summed E-state index contributed by atoms with van der Waals surface area (Å²) in [5.74, 6) is 0.130. The minimum Gasteiger partial charge on any atom is -0.497 e. The van der Waals surface area contributed by atoms with Gasteiger partial charge in [0.1, 0.15) is 23.0 Å². The molecule has 0 aliphatic carbocycles. The number of hydrogen-bond acceptors (Lipinski definition) is 5. The minimum absolute atomic E-state index is 0.374. The van der Waals surface area contributed by atoms with Gasteiger partial charge in [-0.25, -0.2) is 8.42 Å². The molecule has 0 radical (unpaired) electrons. The quantitative estimate of drug-likeness (QED) is 0.482. The molecule has 4 aromatic rings. The van der Waals surface area contributed by atoms with Crippen LogP contribution in [0.2, 0.25) is 0 Å². The Labute approximate surface area is 180 Å². The number of anilines is 2. The number of fused-ring (bicyclic) bond motifs is 3. The third-order valence-electron chi connectivity index (χ3n) is 5.06. The Bertz CT molecular complexity index is 1360. The number of nitrogens with zero attached hydrogens (tertiary/aromatic N) is 1. The van der Waals surface area contributed by atoms with E-state index in [1.807, 2.05) is 30.3 Å². The van der Waals surface area contributed by atoms with E-state index in [1.165, 1.54) is 7.11 Å². The summed E-state index contributed by atoms with van der Waals surface area (Å²) in [6.45, 7) is 1.54. The van der Waals surface area contributed by atoms with Crippen LogP contribution in [-0.4, -0.2) is 33.7 Å². The first-order valence-corrected chi connectivity index (χ1v) is 11.5. The van der Waals surface area contributed by atoms with Crippen molar-refractivity contribution in [1.82, 2.24) is 0 Å². The number of carbonyl (C=O) groups is 1. The molecule has 1 heterocycles. The Morgan fingerprint density at radius 2 is 1.68 bits per heavy atom. The lowest BCUT2D eigenvalue weighted by Gasteiger charge is -2.28. The van der Waals surface area contributed by atoms with Gasteiger partial charge in [0, 0.05) is 22.5 Å².